The monoisotopic (exact) mass is 351 g/mol. The first-order valence-corrected chi connectivity index (χ1v) is 9.64. The third kappa shape index (κ3) is 3.37. The van der Waals surface area contributed by atoms with Crippen molar-refractivity contribution in [3.05, 3.63) is 59.1 Å². The van der Waals surface area contributed by atoms with Gasteiger partial charge in [0.1, 0.15) is 5.82 Å². The summed E-state index contributed by atoms with van der Waals surface area (Å²) in [6.07, 6.45) is 4.95. The van der Waals surface area contributed by atoms with Crippen molar-refractivity contribution >= 4 is 33.1 Å². The van der Waals surface area contributed by atoms with Crippen LogP contribution in [0, 0.1) is 0 Å². The van der Waals surface area contributed by atoms with Crippen molar-refractivity contribution in [2.24, 2.45) is 0 Å². The lowest BCUT2D eigenvalue weighted by molar-refractivity contribution is 0.0954. The zero-order chi connectivity index (χ0) is 17.1. The van der Waals surface area contributed by atoms with E-state index < -0.39 is 0 Å². The number of hydrogen-bond acceptors (Lipinski definition) is 4. The maximum atomic E-state index is 12.6. The molecule has 1 aromatic carbocycles. The molecule has 1 fully saturated rings. The molecule has 4 nitrogen and oxygen atoms in total. The Morgan fingerprint density at radius 2 is 2.00 bits per heavy atom. The first-order valence-electron chi connectivity index (χ1n) is 8.76. The molecule has 1 amide bonds. The SMILES string of the molecule is O=C(NCCc1csc2ccccc12)c1cccnc1N1CCCC1. The predicted octanol–water partition coefficient (Wildman–Crippen LogP) is 3.87. The summed E-state index contributed by atoms with van der Waals surface area (Å²) in [7, 11) is 0. The highest BCUT2D eigenvalue weighted by Crippen LogP contribution is 2.26. The van der Waals surface area contributed by atoms with Crippen LogP contribution in [0.25, 0.3) is 10.1 Å². The van der Waals surface area contributed by atoms with Crippen LogP contribution in [-0.2, 0) is 6.42 Å². The molecule has 0 saturated carbocycles. The fourth-order valence-electron chi connectivity index (χ4n) is 3.39. The van der Waals surface area contributed by atoms with Gasteiger partial charge in [-0.05, 0) is 53.8 Å². The molecule has 128 valence electrons. The van der Waals surface area contributed by atoms with Crippen molar-refractivity contribution in [1.82, 2.24) is 10.3 Å². The number of rotatable bonds is 5. The molecule has 4 rings (SSSR count). The molecule has 0 aliphatic carbocycles. The molecule has 5 heteroatoms. The lowest BCUT2D eigenvalue weighted by atomic mass is 10.1. The van der Waals surface area contributed by atoms with Crippen molar-refractivity contribution in [3.8, 4) is 0 Å². The summed E-state index contributed by atoms with van der Waals surface area (Å²) in [4.78, 5) is 19.3. The summed E-state index contributed by atoms with van der Waals surface area (Å²) in [5.41, 5.74) is 1.98. The standard InChI is InChI=1S/C20H21N3OS/c24-20(17-7-5-10-21-19(17)23-12-3-4-13-23)22-11-9-15-14-25-18-8-2-1-6-16(15)18/h1-2,5-8,10,14H,3-4,9,11-13H2,(H,22,24). The summed E-state index contributed by atoms with van der Waals surface area (Å²) in [5, 5.41) is 6.55. The number of hydrogen-bond donors (Lipinski definition) is 1. The Morgan fingerprint density at radius 1 is 1.16 bits per heavy atom. The quantitative estimate of drug-likeness (QED) is 0.759. The van der Waals surface area contributed by atoms with Crippen molar-refractivity contribution in [3.63, 3.8) is 0 Å². The normalized spacial score (nSPS) is 14.2. The minimum atomic E-state index is -0.0328. The highest BCUT2D eigenvalue weighted by atomic mass is 32.1. The molecule has 0 radical (unpaired) electrons. The van der Waals surface area contributed by atoms with E-state index in [2.05, 4.69) is 44.8 Å². The Hall–Kier alpha value is -2.40. The van der Waals surface area contributed by atoms with Gasteiger partial charge in [0, 0.05) is 30.5 Å². The Bertz CT molecular complexity index is 883. The summed E-state index contributed by atoms with van der Waals surface area (Å²) < 4.78 is 1.30. The van der Waals surface area contributed by atoms with Gasteiger partial charge in [0.25, 0.3) is 5.91 Å². The van der Waals surface area contributed by atoms with E-state index in [1.807, 2.05) is 12.1 Å². The smallest absolute Gasteiger partial charge is 0.255 e. The van der Waals surface area contributed by atoms with E-state index in [4.69, 9.17) is 0 Å². The molecule has 25 heavy (non-hydrogen) atoms. The average Bonchev–Trinajstić information content (AvgIpc) is 3.32. The molecule has 1 N–H and O–H groups in total. The van der Waals surface area contributed by atoms with E-state index in [-0.39, 0.29) is 5.91 Å². The van der Waals surface area contributed by atoms with Gasteiger partial charge < -0.3 is 10.2 Å². The number of nitrogens with one attached hydrogen (secondary N) is 1. The van der Waals surface area contributed by atoms with Crippen LogP contribution in [-0.4, -0.2) is 30.5 Å². The van der Waals surface area contributed by atoms with E-state index in [0.717, 1.165) is 25.3 Å². The minimum absolute atomic E-state index is 0.0328. The zero-order valence-electron chi connectivity index (χ0n) is 14.1. The molecule has 0 atom stereocenters. The molecule has 0 unspecified atom stereocenters. The zero-order valence-corrected chi connectivity index (χ0v) is 14.9. The van der Waals surface area contributed by atoms with E-state index in [1.165, 1.54) is 28.5 Å². The van der Waals surface area contributed by atoms with Crippen molar-refractivity contribution in [1.29, 1.82) is 0 Å². The highest BCUT2D eigenvalue weighted by Gasteiger charge is 2.20. The third-order valence-electron chi connectivity index (χ3n) is 4.68. The van der Waals surface area contributed by atoms with Gasteiger partial charge in [-0.2, -0.15) is 0 Å². The van der Waals surface area contributed by atoms with Gasteiger partial charge in [-0.3, -0.25) is 4.79 Å². The van der Waals surface area contributed by atoms with E-state index in [9.17, 15) is 4.79 Å². The van der Waals surface area contributed by atoms with Gasteiger partial charge in [-0.1, -0.05) is 18.2 Å². The summed E-state index contributed by atoms with van der Waals surface area (Å²) in [5.74, 6) is 0.785. The maximum Gasteiger partial charge on any atom is 0.255 e. The van der Waals surface area contributed by atoms with Crippen LogP contribution in [0.1, 0.15) is 28.8 Å². The van der Waals surface area contributed by atoms with Crippen LogP contribution in [0.5, 0.6) is 0 Å². The van der Waals surface area contributed by atoms with Gasteiger partial charge in [-0.15, -0.1) is 11.3 Å². The van der Waals surface area contributed by atoms with Crippen molar-refractivity contribution < 1.29 is 4.79 Å². The van der Waals surface area contributed by atoms with Crippen LogP contribution in [0.4, 0.5) is 5.82 Å². The molecule has 1 aliphatic heterocycles. The van der Waals surface area contributed by atoms with Gasteiger partial charge in [0.2, 0.25) is 0 Å². The van der Waals surface area contributed by atoms with E-state index >= 15 is 0 Å². The number of carbonyl (C=O) groups excluding carboxylic acids is 1. The Labute approximate surface area is 151 Å². The second kappa shape index (κ2) is 7.23. The average molecular weight is 351 g/mol. The topological polar surface area (TPSA) is 45.2 Å². The molecular formula is C20H21N3OS. The van der Waals surface area contributed by atoms with E-state index in [0.29, 0.717) is 12.1 Å². The van der Waals surface area contributed by atoms with Crippen molar-refractivity contribution in [2.75, 3.05) is 24.5 Å². The second-order valence-corrected chi connectivity index (χ2v) is 7.24. The molecule has 1 aliphatic rings. The second-order valence-electron chi connectivity index (χ2n) is 6.33. The number of aromatic nitrogens is 1. The van der Waals surface area contributed by atoms with Gasteiger partial charge >= 0.3 is 0 Å². The lowest BCUT2D eigenvalue weighted by Crippen LogP contribution is -2.29. The number of anilines is 1. The molecule has 2 aromatic heterocycles. The highest BCUT2D eigenvalue weighted by molar-refractivity contribution is 7.17. The number of carbonyl (C=O) groups is 1. The minimum Gasteiger partial charge on any atom is -0.356 e. The molecule has 3 aromatic rings. The number of amides is 1. The van der Waals surface area contributed by atoms with Crippen LogP contribution >= 0.6 is 11.3 Å². The Morgan fingerprint density at radius 3 is 2.88 bits per heavy atom. The summed E-state index contributed by atoms with van der Waals surface area (Å²) in [6, 6.07) is 12.1. The molecule has 3 heterocycles. The number of nitrogens with zero attached hydrogens (tertiary/aromatic N) is 2. The largest absolute Gasteiger partial charge is 0.356 e. The van der Waals surface area contributed by atoms with E-state index in [1.54, 1.807) is 17.5 Å². The van der Waals surface area contributed by atoms with Gasteiger partial charge in [0.05, 0.1) is 5.56 Å². The van der Waals surface area contributed by atoms with Crippen LogP contribution in [0.2, 0.25) is 0 Å². The number of benzene rings is 1. The van der Waals surface area contributed by atoms with Crippen LogP contribution in [0.15, 0.2) is 48.0 Å². The number of thiophene rings is 1. The van der Waals surface area contributed by atoms with Crippen LogP contribution in [0.3, 0.4) is 0 Å². The molecule has 0 bridgehead atoms. The van der Waals surface area contributed by atoms with Crippen molar-refractivity contribution in [2.45, 2.75) is 19.3 Å². The van der Waals surface area contributed by atoms with Gasteiger partial charge in [0.15, 0.2) is 0 Å². The van der Waals surface area contributed by atoms with Gasteiger partial charge in [-0.25, -0.2) is 4.98 Å². The lowest BCUT2D eigenvalue weighted by Gasteiger charge is -2.19. The first-order chi connectivity index (χ1) is 12.3. The third-order valence-corrected chi connectivity index (χ3v) is 5.69. The molecule has 0 spiro atoms. The Balaban J connectivity index is 1.43. The van der Waals surface area contributed by atoms with Crippen LogP contribution < -0.4 is 10.2 Å². The summed E-state index contributed by atoms with van der Waals surface area (Å²) >= 11 is 1.76. The number of fused-ring (bicyclic) bond motifs is 1. The fraction of sp³-hybridized carbons (Fsp3) is 0.300. The number of pyridine rings is 1. The maximum absolute atomic E-state index is 12.6. The fourth-order valence-corrected chi connectivity index (χ4v) is 4.38. The Kier molecular flexibility index (Phi) is 4.65. The summed E-state index contributed by atoms with van der Waals surface area (Å²) in [6.45, 7) is 2.60. The molecule has 1 saturated heterocycles. The molecular weight excluding hydrogens is 330 g/mol. The first kappa shape index (κ1) is 16.1. The predicted molar refractivity (Wildman–Crippen MR) is 104 cm³/mol.